The molecule has 4 nitrogen and oxygen atoms in total. The van der Waals surface area contributed by atoms with Crippen molar-refractivity contribution in [1.82, 2.24) is 5.32 Å². The van der Waals surface area contributed by atoms with Crippen molar-refractivity contribution in [1.29, 1.82) is 0 Å². The number of hydrogen-bond acceptors (Lipinski definition) is 5. The van der Waals surface area contributed by atoms with Gasteiger partial charge in [0.2, 0.25) is 0 Å². The quantitative estimate of drug-likeness (QED) is 0.472. The third-order valence-corrected chi connectivity index (χ3v) is 2.78. The van der Waals surface area contributed by atoms with Crippen LogP contribution in [-0.2, 0) is 6.42 Å². The Morgan fingerprint density at radius 1 is 1.31 bits per heavy atom. The third-order valence-electron chi connectivity index (χ3n) is 2.34. The van der Waals surface area contributed by atoms with Crippen molar-refractivity contribution in [2.24, 2.45) is 0 Å². The second kappa shape index (κ2) is 6.62. The van der Waals surface area contributed by atoms with E-state index in [1.54, 1.807) is 6.07 Å². The van der Waals surface area contributed by atoms with Crippen LogP contribution in [0.2, 0.25) is 0 Å². The Balaban J connectivity index is 2.42. The van der Waals surface area contributed by atoms with Crippen LogP contribution in [0, 0.1) is 0 Å². The molecule has 90 valence electrons. The lowest BCUT2D eigenvalue weighted by Gasteiger charge is -2.13. The summed E-state index contributed by atoms with van der Waals surface area (Å²) >= 11 is 4.08. The first kappa shape index (κ1) is 13.2. The fourth-order valence-electron chi connectivity index (χ4n) is 1.36. The van der Waals surface area contributed by atoms with Crippen molar-refractivity contribution in [2.45, 2.75) is 12.5 Å². The van der Waals surface area contributed by atoms with Gasteiger partial charge in [-0.2, -0.15) is 12.6 Å². The first-order valence-electron chi connectivity index (χ1n) is 5.13. The molecule has 0 unspecified atom stereocenters. The van der Waals surface area contributed by atoms with Crippen molar-refractivity contribution in [3.63, 3.8) is 0 Å². The predicted molar refractivity (Wildman–Crippen MR) is 66.2 cm³/mol. The third kappa shape index (κ3) is 3.92. The molecule has 0 radical (unpaired) electrons. The highest BCUT2D eigenvalue weighted by Crippen LogP contribution is 2.22. The van der Waals surface area contributed by atoms with E-state index >= 15 is 0 Å². The summed E-state index contributed by atoms with van der Waals surface area (Å²) in [6, 6.07) is 4.51. The highest BCUT2D eigenvalue weighted by atomic mass is 32.1. The molecule has 0 bridgehead atoms. The van der Waals surface area contributed by atoms with Crippen LogP contribution in [0.3, 0.4) is 0 Å². The van der Waals surface area contributed by atoms with E-state index in [1.165, 1.54) is 12.1 Å². The predicted octanol–water partition coefficient (Wildman–Crippen LogP) is 0.521. The molecule has 0 heterocycles. The summed E-state index contributed by atoms with van der Waals surface area (Å²) in [5.41, 5.74) is 0.765. The van der Waals surface area contributed by atoms with Crippen LogP contribution in [0.5, 0.6) is 11.5 Å². The normalized spacial score (nSPS) is 12.6. The van der Waals surface area contributed by atoms with Crippen molar-refractivity contribution in [2.75, 3.05) is 18.9 Å². The van der Waals surface area contributed by atoms with Crippen molar-refractivity contribution < 1.29 is 15.3 Å². The SMILES string of the molecule is OC[C@H](CS)NCCc1ccc(O)cc1O. The van der Waals surface area contributed by atoms with Crippen LogP contribution in [0.25, 0.3) is 0 Å². The lowest BCUT2D eigenvalue weighted by Crippen LogP contribution is -2.35. The number of phenolic OH excluding ortho intramolecular Hbond substituents is 2. The molecule has 0 aliphatic carbocycles. The maximum Gasteiger partial charge on any atom is 0.122 e. The number of thiol groups is 1. The topological polar surface area (TPSA) is 72.7 Å². The molecule has 5 heteroatoms. The minimum Gasteiger partial charge on any atom is -0.508 e. The zero-order chi connectivity index (χ0) is 12.0. The zero-order valence-corrected chi connectivity index (χ0v) is 9.82. The number of aliphatic hydroxyl groups is 1. The number of aromatic hydroxyl groups is 2. The Morgan fingerprint density at radius 3 is 2.62 bits per heavy atom. The smallest absolute Gasteiger partial charge is 0.122 e. The van der Waals surface area contributed by atoms with Gasteiger partial charge in [-0.05, 0) is 24.6 Å². The Kier molecular flexibility index (Phi) is 5.45. The van der Waals surface area contributed by atoms with Crippen molar-refractivity contribution in [3.8, 4) is 11.5 Å². The highest BCUT2D eigenvalue weighted by Gasteiger charge is 2.05. The molecule has 16 heavy (non-hydrogen) atoms. The molecule has 4 N–H and O–H groups in total. The van der Waals surface area contributed by atoms with Crippen LogP contribution in [0.4, 0.5) is 0 Å². The van der Waals surface area contributed by atoms with E-state index in [-0.39, 0.29) is 24.1 Å². The summed E-state index contributed by atoms with van der Waals surface area (Å²) < 4.78 is 0. The number of aliphatic hydroxyl groups excluding tert-OH is 1. The van der Waals surface area contributed by atoms with Gasteiger partial charge in [-0.15, -0.1) is 0 Å². The molecule has 0 aliphatic rings. The van der Waals surface area contributed by atoms with Gasteiger partial charge in [-0.25, -0.2) is 0 Å². The van der Waals surface area contributed by atoms with E-state index in [1.807, 2.05) is 0 Å². The average Bonchev–Trinajstić information content (AvgIpc) is 2.27. The van der Waals surface area contributed by atoms with Gasteiger partial charge < -0.3 is 20.6 Å². The van der Waals surface area contributed by atoms with Gasteiger partial charge in [-0.3, -0.25) is 0 Å². The molecular formula is C11H17NO3S. The van der Waals surface area contributed by atoms with Crippen LogP contribution in [0.1, 0.15) is 5.56 Å². The minimum absolute atomic E-state index is 0.0254. The Morgan fingerprint density at radius 2 is 2.06 bits per heavy atom. The van der Waals surface area contributed by atoms with Gasteiger partial charge in [0.05, 0.1) is 6.61 Å². The summed E-state index contributed by atoms with van der Waals surface area (Å²) in [5.74, 6) is 0.712. The zero-order valence-electron chi connectivity index (χ0n) is 8.93. The van der Waals surface area contributed by atoms with Gasteiger partial charge in [0.1, 0.15) is 11.5 Å². The molecule has 0 fully saturated rings. The van der Waals surface area contributed by atoms with Gasteiger partial charge in [0.15, 0.2) is 0 Å². The molecule has 0 spiro atoms. The van der Waals surface area contributed by atoms with E-state index in [0.717, 1.165) is 5.56 Å². The van der Waals surface area contributed by atoms with E-state index in [9.17, 15) is 5.11 Å². The summed E-state index contributed by atoms with van der Waals surface area (Å²) in [7, 11) is 0. The van der Waals surface area contributed by atoms with E-state index in [0.29, 0.717) is 18.7 Å². The van der Waals surface area contributed by atoms with Crippen molar-refractivity contribution >= 4 is 12.6 Å². The molecular weight excluding hydrogens is 226 g/mol. The summed E-state index contributed by atoms with van der Waals surface area (Å²) in [6.45, 7) is 0.690. The number of phenols is 2. The first-order chi connectivity index (χ1) is 7.67. The molecule has 0 aliphatic heterocycles. The Hall–Kier alpha value is -0.910. The second-order valence-corrected chi connectivity index (χ2v) is 3.94. The van der Waals surface area contributed by atoms with E-state index < -0.39 is 0 Å². The van der Waals surface area contributed by atoms with E-state index in [4.69, 9.17) is 10.2 Å². The monoisotopic (exact) mass is 243 g/mol. The Bertz CT molecular complexity index is 329. The highest BCUT2D eigenvalue weighted by molar-refractivity contribution is 7.80. The summed E-state index contributed by atoms with van der Waals surface area (Å²) in [4.78, 5) is 0. The summed E-state index contributed by atoms with van der Waals surface area (Å²) in [5, 5.41) is 30.7. The summed E-state index contributed by atoms with van der Waals surface area (Å²) in [6.07, 6.45) is 0.635. The number of benzene rings is 1. The molecule has 1 rings (SSSR count). The maximum absolute atomic E-state index is 9.52. The van der Waals surface area contributed by atoms with Gasteiger partial charge in [0, 0.05) is 17.9 Å². The fraction of sp³-hybridized carbons (Fsp3) is 0.455. The maximum atomic E-state index is 9.52. The lowest BCUT2D eigenvalue weighted by atomic mass is 10.1. The largest absolute Gasteiger partial charge is 0.508 e. The molecule has 1 aromatic rings. The van der Waals surface area contributed by atoms with E-state index in [2.05, 4.69) is 17.9 Å². The second-order valence-electron chi connectivity index (χ2n) is 3.58. The van der Waals surface area contributed by atoms with Gasteiger partial charge in [-0.1, -0.05) is 6.07 Å². The number of nitrogens with one attached hydrogen (secondary N) is 1. The van der Waals surface area contributed by atoms with Crippen LogP contribution in [0.15, 0.2) is 18.2 Å². The molecule has 1 atom stereocenters. The Labute approximate surface area is 100 Å². The lowest BCUT2D eigenvalue weighted by molar-refractivity contribution is 0.254. The number of rotatable bonds is 6. The fourth-order valence-corrected chi connectivity index (χ4v) is 1.61. The molecule has 1 aromatic carbocycles. The minimum atomic E-state index is -0.0254. The standard InChI is InChI=1S/C11H17NO3S/c13-6-9(7-16)12-4-3-8-1-2-10(14)5-11(8)15/h1-2,5,9,12-16H,3-4,6-7H2/t9-/m1/s1. The van der Waals surface area contributed by atoms with Crippen LogP contribution < -0.4 is 5.32 Å². The van der Waals surface area contributed by atoms with Crippen LogP contribution >= 0.6 is 12.6 Å². The van der Waals surface area contributed by atoms with Gasteiger partial charge >= 0.3 is 0 Å². The molecule has 0 saturated heterocycles. The van der Waals surface area contributed by atoms with Crippen LogP contribution in [-0.4, -0.2) is 40.3 Å². The van der Waals surface area contributed by atoms with Gasteiger partial charge in [0.25, 0.3) is 0 Å². The molecule has 0 aromatic heterocycles. The average molecular weight is 243 g/mol. The molecule has 0 saturated carbocycles. The molecule has 0 amide bonds. The first-order valence-corrected chi connectivity index (χ1v) is 5.76. The van der Waals surface area contributed by atoms with Crippen molar-refractivity contribution in [3.05, 3.63) is 23.8 Å². The number of hydrogen-bond donors (Lipinski definition) is 5.